The number of rotatable bonds is 5. The molecule has 0 fully saturated rings. The number of carbonyl (C=O) groups is 1. The quantitative estimate of drug-likeness (QED) is 0.775. The fraction of sp³-hybridized carbons (Fsp3) is 0.133. The van der Waals surface area contributed by atoms with Gasteiger partial charge in [0.1, 0.15) is 0 Å². The van der Waals surface area contributed by atoms with Crippen molar-refractivity contribution in [2.75, 3.05) is 0 Å². The first-order valence-electron chi connectivity index (χ1n) is 6.55. The van der Waals surface area contributed by atoms with Gasteiger partial charge in [0.05, 0.1) is 18.9 Å². The maximum Gasteiger partial charge on any atom is 0.290 e. The molecule has 0 saturated carbocycles. The van der Waals surface area contributed by atoms with E-state index in [1.165, 1.54) is 17.8 Å². The summed E-state index contributed by atoms with van der Waals surface area (Å²) in [6, 6.07) is 11.6. The summed E-state index contributed by atoms with van der Waals surface area (Å²) < 4.78 is 6.62. The average Bonchev–Trinajstić information content (AvgIpc) is 3.17. The maximum atomic E-state index is 11.7. The molecule has 3 rings (SSSR count). The second-order valence-corrected chi connectivity index (χ2v) is 4.59. The monoisotopic (exact) mass is 282 g/mol. The van der Waals surface area contributed by atoms with Crippen molar-refractivity contribution in [2.24, 2.45) is 0 Å². The van der Waals surface area contributed by atoms with Crippen molar-refractivity contribution in [1.29, 1.82) is 0 Å². The predicted molar refractivity (Wildman–Crippen MR) is 75.4 cm³/mol. The zero-order valence-electron chi connectivity index (χ0n) is 11.3. The number of nitrogens with zero attached hydrogens (tertiary/aromatic N) is 3. The van der Waals surface area contributed by atoms with Gasteiger partial charge in [-0.25, -0.2) is 0 Å². The minimum Gasteiger partial charge on any atom is -0.351 e. The zero-order valence-corrected chi connectivity index (χ0v) is 11.3. The summed E-state index contributed by atoms with van der Waals surface area (Å²) in [6.07, 6.45) is 5.09. The highest BCUT2D eigenvalue weighted by atomic mass is 16.5. The maximum absolute atomic E-state index is 11.7. The largest absolute Gasteiger partial charge is 0.351 e. The Morgan fingerprint density at radius 3 is 2.81 bits per heavy atom. The van der Waals surface area contributed by atoms with Crippen LogP contribution < -0.4 is 5.32 Å². The van der Waals surface area contributed by atoms with Gasteiger partial charge in [0.25, 0.3) is 5.91 Å². The van der Waals surface area contributed by atoms with Crippen LogP contribution in [0.4, 0.5) is 0 Å². The lowest BCUT2D eigenvalue weighted by atomic mass is 10.2. The zero-order chi connectivity index (χ0) is 14.5. The van der Waals surface area contributed by atoms with Crippen LogP contribution in [0, 0.1) is 0 Å². The number of carbonyl (C=O) groups excluding carboxylic acids is 1. The van der Waals surface area contributed by atoms with E-state index in [1.54, 1.807) is 6.20 Å². The number of nitrogens with one attached hydrogen (secondary N) is 1. The molecule has 0 aliphatic carbocycles. The van der Waals surface area contributed by atoms with Gasteiger partial charge in [-0.15, -0.1) is 0 Å². The summed E-state index contributed by atoms with van der Waals surface area (Å²) >= 11 is 0. The van der Waals surface area contributed by atoms with Crippen LogP contribution in [0.25, 0.3) is 0 Å². The number of aromatic nitrogens is 3. The van der Waals surface area contributed by atoms with Gasteiger partial charge in [-0.05, 0) is 5.56 Å². The Hall–Kier alpha value is -2.89. The summed E-state index contributed by atoms with van der Waals surface area (Å²) in [5.41, 5.74) is 2.11. The van der Waals surface area contributed by atoms with Crippen LogP contribution in [-0.4, -0.2) is 20.8 Å². The summed E-state index contributed by atoms with van der Waals surface area (Å²) in [6.45, 7) is 1.10. The van der Waals surface area contributed by atoms with E-state index in [0.29, 0.717) is 13.1 Å². The SMILES string of the molecule is O=C(NCc1cnn(Cc2ccccc2)c1)c1ccno1. The highest BCUT2D eigenvalue weighted by molar-refractivity contribution is 5.91. The number of amides is 1. The molecule has 0 unspecified atom stereocenters. The van der Waals surface area contributed by atoms with E-state index >= 15 is 0 Å². The molecular weight excluding hydrogens is 268 g/mol. The first-order valence-corrected chi connectivity index (χ1v) is 6.55. The predicted octanol–water partition coefficient (Wildman–Crippen LogP) is 1.85. The van der Waals surface area contributed by atoms with Gasteiger partial charge in [0, 0.05) is 24.4 Å². The van der Waals surface area contributed by atoms with Crippen molar-refractivity contribution in [3.63, 3.8) is 0 Å². The normalized spacial score (nSPS) is 10.5. The summed E-state index contributed by atoms with van der Waals surface area (Å²) in [5, 5.41) is 10.5. The second-order valence-electron chi connectivity index (χ2n) is 4.59. The molecule has 3 aromatic rings. The molecule has 0 atom stereocenters. The second kappa shape index (κ2) is 6.04. The van der Waals surface area contributed by atoms with Crippen LogP contribution in [0.3, 0.4) is 0 Å². The minimum absolute atomic E-state index is 0.201. The molecule has 0 bridgehead atoms. The molecular formula is C15H14N4O2. The molecule has 0 spiro atoms. The first kappa shape index (κ1) is 13.1. The molecule has 1 amide bonds. The smallest absolute Gasteiger partial charge is 0.290 e. The van der Waals surface area contributed by atoms with Gasteiger partial charge in [0.2, 0.25) is 5.76 Å². The lowest BCUT2D eigenvalue weighted by Gasteiger charge is -2.01. The van der Waals surface area contributed by atoms with Gasteiger partial charge in [-0.1, -0.05) is 35.5 Å². The highest BCUT2D eigenvalue weighted by Gasteiger charge is 2.09. The molecule has 1 N–H and O–H groups in total. The van der Waals surface area contributed by atoms with Crippen molar-refractivity contribution in [1.82, 2.24) is 20.3 Å². The molecule has 0 radical (unpaired) electrons. The van der Waals surface area contributed by atoms with E-state index in [4.69, 9.17) is 4.52 Å². The third-order valence-electron chi connectivity index (χ3n) is 2.99. The van der Waals surface area contributed by atoms with E-state index < -0.39 is 0 Å². The standard InChI is InChI=1S/C15H14N4O2/c20-15(14-6-7-18-21-14)16-8-13-9-17-19(11-13)10-12-4-2-1-3-5-12/h1-7,9,11H,8,10H2,(H,16,20). The van der Waals surface area contributed by atoms with Gasteiger partial charge in [-0.3, -0.25) is 9.48 Å². The Bertz CT molecular complexity index is 704. The van der Waals surface area contributed by atoms with Crippen molar-refractivity contribution in [3.8, 4) is 0 Å². The van der Waals surface area contributed by atoms with Gasteiger partial charge in [0.15, 0.2) is 0 Å². The Morgan fingerprint density at radius 2 is 2.05 bits per heavy atom. The van der Waals surface area contributed by atoms with Crippen molar-refractivity contribution in [2.45, 2.75) is 13.1 Å². The van der Waals surface area contributed by atoms with Gasteiger partial charge >= 0.3 is 0 Å². The molecule has 6 heteroatoms. The first-order chi connectivity index (χ1) is 10.3. The molecule has 6 nitrogen and oxygen atoms in total. The third kappa shape index (κ3) is 3.36. The van der Waals surface area contributed by atoms with E-state index in [9.17, 15) is 4.79 Å². The van der Waals surface area contributed by atoms with E-state index in [-0.39, 0.29) is 11.7 Å². The summed E-state index contributed by atoms with van der Waals surface area (Å²) in [4.78, 5) is 11.7. The molecule has 2 aromatic heterocycles. The van der Waals surface area contributed by atoms with E-state index in [2.05, 4.69) is 15.6 Å². The van der Waals surface area contributed by atoms with Crippen LogP contribution in [0.15, 0.2) is 59.5 Å². The minimum atomic E-state index is -0.289. The molecule has 0 aliphatic heterocycles. The summed E-state index contributed by atoms with van der Waals surface area (Å²) in [7, 11) is 0. The Kier molecular flexibility index (Phi) is 3.77. The van der Waals surface area contributed by atoms with E-state index in [0.717, 1.165) is 5.56 Å². The van der Waals surface area contributed by atoms with Gasteiger partial charge in [-0.2, -0.15) is 5.10 Å². The summed E-state index contributed by atoms with van der Waals surface area (Å²) in [5.74, 6) is -0.0880. The van der Waals surface area contributed by atoms with Crippen molar-refractivity contribution in [3.05, 3.63) is 71.9 Å². The van der Waals surface area contributed by atoms with E-state index in [1.807, 2.05) is 41.2 Å². The number of hydrogen-bond acceptors (Lipinski definition) is 4. The van der Waals surface area contributed by atoms with Crippen LogP contribution in [0.1, 0.15) is 21.7 Å². The number of hydrogen-bond donors (Lipinski definition) is 1. The lowest BCUT2D eigenvalue weighted by Crippen LogP contribution is -2.22. The molecule has 0 saturated heterocycles. The van der Waals surface area contributed by atoms with Gasteiger partial charge < -0.3 is 9.84 Å². The number of benzene rings is 1. The Morgan fingerprint density at radius 1 is 1.19 bits per heavy atom. The molecule has 21 heavy (non-hydrogen) atoms. The molecule has 1 aromatic carbocycles. The van der Waals surface area contributed by atoms with Crippen molar-refractivity contribution < 1.29 is 9.32 Å². The Labute approximate surface area is 121 Å². The topological polar surface area (TPSA) is 73.0 Å². The molecule has 2 heterocycles. The highest BCUT2D eigenvalue weighted by Crippen LogP contribution is 2.04. The molecule has 106 valence electrons. The third-order valence-corrected chi connectivity index (χ3v) is 2.99. The Balaban J connectivity index is 1.57. The average molecular weight is 282 g/mol. The van der Waals surface area contributed by atoms with Crippen molar-refractivity contribution >= 4 is 5.91 Å². The van der Waals surface area contributed by atoms with Crippen LogP contribution in [0.5, 0.6) is 0 Å². The molecule has 0 aliphatic rings. The van der Waals surface area contributed by atoms with Crippen LogP contribution in [0.2, 0.25) is 0 Å². The fourth-order valence-electron chi connectivity index (χ4n) is 1.96. The van der Waals surface area contributed by atoms with Crippen LogP contribution >= 0.6 is 0 Å². The van der Waals surface area contributed by atoms with Crippen LogP contribution in [-0.2, 0) is 13.1 Å². The lowest BCUT2D eigenvalue weighted by molar-refractivity contribution is 0.0914. The fourth-order valence-corrected chi connectivity index (χ4v) is 1.96.